The van der Waals surface area contributed by atoms with Crippen molar-refractivity contribution >= 4 is 11.9 Å². The molecule has 0 unspecified atom stereocenters. The van der Waals surface area contributed by atoms with E-state index in [0.717, 1.165) is 0 Å². The van der Waals surface area contributed by atoms with Gasteiger partial charge in [-0.25, -0.2) is 4.79 Å². The molecule has 6 heteroatoms. The molecule has 1 heterocycles. The number of hydrogen-bond acceptors (Lipinski definition) is 4. The highest BCUT2D eigenvalue weighted by atomic mass is 16.5. The number of nitrogens with one attached hydrogen (secondary N) is 1. The number of rotatable bonds is 6. The Morgan fingerprint density at radius 2 is 1.94 bits per heavy atom. The van der Waals surface area contributed by atoms with Crippen molar-refractivity contribution in [2.75, 3.05) is 13.2 Å². The normalized spacial score (nSPS) is 23.9. The Balaban J connectivity index is 2.36. The van der Waals surface area contributed by atoms with Crippen molar-refractivity contribution in [1.29, 1.82) is 0 Å². The number of aliphatic carboxylic acids is 1. The molecule has 104 valence electrons. The molecule has 6 nitrogen and oxygen atoms in total. The van der Waals surface area contributed by atoms with Crippen LogP contribution in [-0.2, 0) is 14.3 Å². The predicted molar refractivity (Wildman–Crippen MR) is 64.0 cm³/mol. The van der Waals surface area contributed by atoms with Gasteiger partial charge in [0.05, 0.1) is 0 Å². The van der Waals surface area contributed by atoms with E-state index in [1.807, 2.05) is 13.8 Å². The number of carbonyl (C=O) groups is 2. The standard InChI is InChI=1S/C12H21NO5/c1-12(2,5-6-14)7-13-10(15)8-3-4-9(18-8)11(16)17/h8-9,14H,3-7H2,1-2H3,(H,13,15)(H,16,17)/t8-,9+/m0/s1. The first-order valence-electron chi connectivity index (χ1n) is 6.12. The van der Waals surface area contributed by atoms with Crippen molar-refractivity contribution < 1.29 is 24.5 Å². The van der Waals surface area contributed by atoms with Crippen LogP contribution in [-0.4, -0.2) is 47.4 Å². The number of carboxylic acid groups (broad SMARTS) is 1. The van der Waals surface area contributed by atoms with E-state index >= 15 is 0 Å². The van der Waals surface area contributed by atoms with Gasteiger partial charge >= 0.3 is 5.97 Å². The molecule has 0 spiro atoms. The van der Waals surface area contributed by atoms with Crippen molar-refractivity contribution in [2.24, 2.45) is 5.41 Å². The summed E-state index contributed by atoms with van der Waals surface area (Å²) in [6.45, 7) is 4.39. The molecule has 1 fully saturated rings. The molecule has 0 radical (unpaired) electrons. The van der Waals surface area contributed by atoms with Gasteiger partial charge in [-0.05, 0) is 24.7 Å². The maximum absolute atomic E-state index is 11.8. The Bertz CT molecular complexity index is 316. The summed E-state index contributed by atoms with van der Waals surface area (Å²) in [5.74, 6) is -1.30. The SMILES string of the molecule is CC(C)(CCO)CNC(=O)[C@@H]1CC[C@H](C(=O)O)O1. The minimum atomic E-state index is -1.02. The Hall–Kier alpha value is -1.14. The molecule has 0 aromatic heterocycles. The molecule has 0 bridgehead atoms. The van der Waals surface area contributed by atoms with Gasteiger partial charge in [0.15, 0.2) is 6.10 Å². The molecular weight excluding hydrogens is 238 g/mol. The third-order valence-electron chi connectivity index (χ3n) is 3.12. The van der Waals surface area contributed by atoms with Crippen LogP contribution < -0.4 is 5.32 Å². The molecule has 0 aromatic rings. The van der Waals surface area contributed by atoms with Crippen molar-refractivity contribution in [3.8, 4) is 0 Å². The third-order valence-corrected chi connectivity index (χ3v) is 3.12. The quantitative estimate of drug-likeness (QED) is 0.630. The maximum Gasteiger partial charge on any atom is 0.332 e. The lowest BCUT2D eigenvalue weighted by molar-refractivity contribution is -0.151. The summed E-state index contributed by atoms with van der Waals surface area (Å²) in [5.41, 5.74) is -0.185. The molecule has 1 amide bonds. The lowest BCUT2D eigenvalue weighted by Crippen LogP contribution is -2.40. The summed E-state index contributed by atoms with van der Waals surface area (Å²) in [7, 11) is 0. The molecule has 0 aromatic carbocycles. The summed E-state index contributed by atoms with van der Waals surface area (Å²) in [4.78, 5) is 22.5. The van der Waals surface area contributed by atoms with Gasteiger partial charge in [0, 0.05) is 13.2 Å². The number of aliphatic hydroxyl groups is 1. The Kier molecular flexibility index (Phi) is 5.10. The monoisotopic (exact) mass is 259 g/mol. The number of ether oxygens (including phenoxy) is 1. The highest BCUT2D eigenvalue weighted by Crippen LogP contribution is 2.21. The predicted octanol–water partition coefficient (Wildman–Crippen LogP) is 0.143. The number of hydrogen-bond donors (Lipinski definition) is 3. The zero-order valence-corrected chi connectivity index (χ0v) is 10.8. The van der Waals surface area contributed by atoms with Crippen LogP contribution in [0.1, 0.15) is 33.1 Å². The smallest absolute Gasteiger partial charge is 0.332 e. The van der Waals surface area contributed by atoms with Gasteiger partial charge in [-0.3, -0.25) is 4.79 Å². The third kappa shape index (κ3) is 4.27. The molecule has 1 aliphatic heterocycles. The molecule has 2 atom stereocenters. The molecule has 1 saturated heterocycles. The lowest BCUT2D eigenvalue weighted by Gasteiger charge is -2.24. The molecular formula is C12H21NO5. The van der Waals surface area contributed by atoms with Crippen LogP contribution in [0, 0.1) is 5.41 Å². The fourth-order valence-electron chi connectivity index (χ4n) is 1.84. The van der Waals surface area contributed by atoms with Gasteiger partial charge in [0.25, 0.3) is 0 Å². The van der Waals surface area contributed by atoms with E-state index in [4.69, 9.17) is 14.9 Å². The summed E-state index contributed by atoms with van der Waals surface area (Å²) in [6, 6.07) is 0. The molecule has 0 saturated carbocycles. The average molecular weight is 259 g/mol. The van der Waals surface area contributed by atoms with Gasteiger partial charge in [-0.15, -0.1) is 0 Å². The van der Waals surface area contributed by atoms with Gasteiger partial charge in [-0.1, -0.05) is 13.8 Å². The highest BCUT2D eigenvalue weighted by molar-refractivity contribution is 5.82. The van der Waals surface area contributed by atoms with Crippen LogP contribution >= 0.6 is 0 Å². The van der Waals surface area contributed by atoms with Crippen molar-refractivity contribution in [3.63, 3.8) is 0 Å². The van der Waals surface area contributed by atoms with Crippen molar-refractivity contribution in [1.82, 2.24) is 5.32 Å². The zero-order valence-electron chi connectivity index (χ0n) is 10.8. The Labute approximate surface area is 106 Å². The highest BCUT2D eigenvalue weighted by Gasteiger charge is 2.35. The van der Waals surface area contributed by atoms with Crippen LogP contribution in [0.15, 0.2) is 0 Å². The fraction of sp³-hybridized carbons (Fsp3) is 0.833. The fourth-order valence-corrected chi connectivity index (χ4v) is 1.84. The lowest BCUT2D eigenvalue weighted by atomic mass is 9.89. The number of aliphatic hydroxyl groups excluding tert-OH is 1. The second kappa shape index (κ2) is 6.15. The zero-order chi connectivity index (χ0) is 13.8. The van der Waals surface area contributed by atoms with E-state index in [2.05, 4.69) is 5.32 Å². The topological polar surface area (TPSA) is 95.9 Å². The number of amides is 1. The molecule has 18 heavy (non-hydrogen) atoms. The van der Waals surface area contributed by atoms with E-state index in [1.165, 1.54) is 0 Å². The first-order chi connectivity index (χ1) is 8.35. The summed E-state index contributed by atoms with van der Waals surface area (Å²) >= 11 is 0. The second-order valence-electron chi connectivity index (χ2n) is 5.38. The van der Waals surface area contributed by atoms with Crippen LogP contribution in [0.4, 0.5) is 0 Å². The summed E-state index contributed by atoms with van der Waals surface area (Å²) in [5, 5.41) is 20.4. The van der Waals surface area contributed by atoms with Crippen LogP contribution in [0.25, 0.3) is 0 Å². The van der Waals surface area contributed by atoms with Crippen LogP contribution in [0.5, 0.6) is 0 Å². The Morgan fingerprint density at radius 1 is 1.33 bits per heavy atom. The Morgan fingerprint density at radius 3 is 2.44 bits per heavy atom. The van der Waals surface area contributed by atoms with Crippen LogP contribution in [0.3, 0.4) is 0 Å². The number of carbonyl (C=O) groups excluding carboxylic acids is 1. The van der Waals surface area contributed by atoms with Gasteiger partial charge in [-0.2, -0.15) is 0 Å². The first-order valence-corrected chi connectivity index (χ1v) is 6.12. The minimum Gasteiger partial charge on any atom is -0.479 e. The van der Waals surface area contributed by atoms with E-state index in [0.29, 0.717) is 25.8 Å². The van der Waals surface area contributed by atoms with E-state index in [-0.39, 0.29) is 17.9 Å². The molecule has 1 aliphatic rings. The van der Waals surface area contributed by atoms with Crippen molar-refractivity contribution in [2.45, 2.75) is 45.3 Å². The van der Waals surface area contributed by atoms with Gasteiger partial charge in [0.1, 0.15) is 6.10 Å². The minimum absolute atomic E-state index is 0.0733. The van der Waals surface area contributed by atoms with Gasteiger partial charge in [0.2, 0.25) is 5.91 Å². The van der Waals surface area contributed by atoms with Gasteiger partial charge < -0.3 is 20.3 Å². The average Bonchev–Trinajstić information content (AvgIpc) is 2.75. The summed E-state index contributed by atoms with van der Waals surface area (Å²) < 4.78 is 5.15. The molecule has 3 N–H and O–H groups in total. The van der Waals surface area contributed by atoms with E-state index in [1.54, 1.807) is 0 Å². The number of carboxylic acids is 1. The maximum atomic E-state index is 11.8. The largest absolute Gasteiger partial charge is 0.479 e. The van der Waals surface area contributed by atoms with E-state index in [9.17, 15) is 9.59 Å². The second-order valence-corrected chi connectivity index (χ2v) is 5.38. The summed E-state index contributed by atoms with van der Waals surface area (Å²) in [6.07, 6.45) is -0.144. The molecule has 1 rings (SSSR count). The first kappa shape index (κ1) is 14.9. The van der Waals surface area contributed by atoms with Crippen LogP contribution in [0.2, 0.25) is 0 Å². The molecule has 0 aliphatic carbocycles. The van der Waals surface area contributed by atoms with Crippen molar-refractivity contribution in [3.05, 3.63) is 0 Å². The van der Waals surface area contributed by atoms with E-state index < -0.39 is 18.2 Å².